The van der Waals surface area contributed by atoms with E-state index in [4.69, 9.17) is 0 Å². The third-order valence-electron chi connectivity index (χ3n) is 3.61. The van der Waals surface area contributed by atoms with Crippen molar-refractivity contribution in [3.05, 3.63) is 64.7 Å². The van der Waals surface area contributed by atoms with Crippen molar-refractivity contribution < 1.29 is 9.59 Å². The van der Waals surface area contributed by atoms with Gasteiger partial charge in [0.05, 0.1) is 6.42 Å². The summed E-state index contributed by atoms with van der Waals surface area (Å²) in [7, 11) is 0. The zero-order valence-electron chi connectivity index (χ0n) is 13.8. The smallest absolute Gasteiger partial charge is 0.224 e. The molecule has 0 heterocycles. The number of carbonyl (C=O) groups excluding carboxylic acids is 2. The molecule has 0 atom stereocenters. The summed E-state index contributed by atoms with van der Waals surface area (Å²) in [4.78, 5) is 23.0. The topological polar surface area (TPSA) is 58.2 Å². The Labute approximate surface area is 136 Å². The van der Waals surface area contributed by atoms with E-state index in [1.807, 2.05) is 18.2 Å². The van der Waals surface area contributed by atoms with E-state index >= 15 is 0 Å². The highest BCUT2D eigenvalue weighted by Crippen LogP contribution is 2.11. The van der Waals surface area contributed by atoms with Gasteiger partial charge in [0, 0.05) is 19.2 Å². The van der Waals surface area contributed by atoms with Gasteiger partial charge in [-0.1, -0.05) is 35.9 Å². The van der Waals surface area contributed by atoms with Crippen LogP contribution in [0.4, 0.5) is 5.69 Å². The minimum atomic E-state index is -0.107. The maximum atomic E-state index is 12.0. The molecular weight excluding hydrogens is 288 g/mol. The third kappa shape index (κ3) is 5.25. The van der Waals surface area contributed by atoms with Gasteiger partial charge in [0.1, 0.15) is 0 Å². The molecule has 2 aromatic carbocycles. The number of anilines is 1. The minimum Gasteiger partial charge on any atom is -0.352 e. The van der Waals surface area contributed by atoms with Crippen molar-refractivity contribution in [3.8, 4) is 0 Å². The lowest BCUT2D eigenvalue weighted by atomic mass is 10.1. The van der Waals surface area contributed by atoms with Crippen LogP contribution < -0.4 is 10.6 Å². The van der Waals surface area contributed by atoms with Crippen LogP contribution in [-0.2, 0) is 22.6 Å². The number of carbonyl (C=O) groups is 2. The van der Waals surface area contributed by atoms with Gasteiger partial charge >= 0.3 is 0 Å². The number of benzene rings is 2. The third-order valence-corrected chi connectivity index (χ3v) is 3.61. The van der Waals surface area contributed by atoms with Crippen molar-refractivity contribution in [2.24, 2.45) is 0 Å². The van der Waals surface area contributed by atoms with E-state index < -0.39 is 0 Å². The average molecular weight is 310 g/mol. The van der Waals surface area contributed by atoms with Gasteiger partial charge in [-0.3, -0.25) is 9.59 Å². The predicted octanol–water partition coefficient (Wildman–Crippen LogP) is 3.12. The number of amides is 2. The Hall–Kier alpha value is -2.62. The van der Waals surface area contributed by atoms with Crippen molar-refractivity contribution in [2.75, 3.05) is 5.32 Å². The van der Waals surface area contributed by atoms with Gasteiger partial charge in [0.15, 0.2) is 0 Å². The second-order valence-corrected chi connectivity index (χ2v) is 5.76. The zero-order valence-corrected chi connectivity index (χ0v) is 13.8. The van der Waals surface area contributed by atoms with Crippen LogP contribution >= 0.6 is 0 Å². The fourth-order valence-corrected chi connectivity index (χ4v) is 2.40. The molecule has 2 aromatic rings. The van der Waals surface area contributed by atoms with Gasteiger partial charge in [-0.2, -0.15) is 0 Å². The first-order valence-corrected chi connectivity index (χ1v) is 7.63. The van der Waals surface area contributed by atoms with Gasteiger partial charge < -0.3 is 10.6 Å². The highest BCUT2D eigenvalue weighted by atomic mass is 16.2. The maximum absolute atomic E-state index is 12.0. The van der Waals surface area contributed by atoms with E-state index in [-0.39, 0.29) is 11.8 Å². The molecule has 23 heavy (non-hydrogen) atoms. The molecule has 0 fully saturated rings. The minimum absolute atomic E-state index is 0.0164. The molecule has 0 aliphatic rings. The molecule has 2 N–H and O–H groups in total. The van der Waals surface area contributed by atoms with Gasteiger partial charge in [-0.05, 0) is 42.7 Å². The second kappa shape index (κ2) is 7.58. The highest BCUT2D eigenvalue weighted by molar-refractivity contribution is 5.88. The van der Waals surface area contributed by atoms with Crippen LogP contribution in [0.5, 0.6) is 0 Å². The second-order valence-electron chi connectivity index (χ2n) is 5.76. The van der Waals surface area contributed by atoms with E-state index in [9.17, 15) is 9.59 Å². The lowest BCUT2D eigenvalue weighted by Crippen LogP contribution is -2.24. The molecule has 2 rings (SSSR count). The summed E-state index contributed by atoms with van der Waals surface area (Å²) < 4.78 is 0. The fraction of sp³-hybridized carbons (Fsp3) is 0.263. The number of aryl methyl sites for hydroxylation is 2. The number of nitrogens with one attached hydrogen (secondary N) is 2. The van der Waals surface area contributed by atoms with Crippen LogP contribution in [0.25, 0.3) is 0 Å². The molecule has 0 saturated heterocycles. The summed E-state index contributed by atoms with van der Waals surface area (Å²) in [5.41, 5.74) is 5.18. The van der Waals surface area contributed by atoms with Crippen molar-refractivity contribution in [2.45, 2.75) is 33.7 Å². The molecule has 0 radical (unpaired) electrons. The molecule has 120 valence electrons. The van der Waals surface area contributed by atoms with Crippen molar-refractivity contribution in [1.29, 1.82) is 0 Å². The average Bonchev–Trinajstić information content (AvgIpc) is 2.48. The van der Waals surface area contributed by atoms with Gasteiger partial charge in [-0.15, -0.1) is 0 Å². The first kappa shape index (κ1) is 16.7. The zero-order chi connectivity index (χ0) is 16.8. The molecule has 0 saturated carbocycles. The Kier molecular flexibility index (Phi) is 5.52. The molecule has 2 amide bonds. The van der Waals surface area contributed by atoms with E-state index in [2.05, 4.69) is 36.6 Å². The molecule has 0 unspecified atom stereocenters. The van der Waals surface area contributed by atoms with E-state index in [0.717, 1.165) is 16.8 Å². The quantitative estimate of drug-likeness (QED) is 0.891. The van der Waals surface area contributed by atoms with Crippen LogP contribution in [0.3, 0.4) is 0 Å². The van der Waals surface area contributed by atoms with Gasteiger partial charge in [0.2, 0.25) is 11.8 Å². The summed E-state index contributed by atoms with van der Waals surface area (Å²) in [6, 6.07) is 13.5. The van der Waals surface area contributed by atoms with Gasteiger partial charge in [0.25, 0.3) is 0 Å². The Morgan fingerprint density at radius 1 is 1.00 bits per heavy atom. The first-order valence-electron chi connectivity index (χ1n) is 7.63. The molecule has 0 spiro atoms. The van der Waals surface area contributed by atoms with E-state index in [1.165, 1.54) is 18.1 Å². The molecule has 0 bridgehead atoms. The standard InChI is InChI=1S/C19H22N2O2/c1-13-4-7-17(14(2)10-13)12-20-19(23)11-16-5-8-18(9-6-16)21-15(3)22/h4-10H,11-12H2,1-3H3,(H,20,23)(H,21,22). The van der Waals surface area contributed by atoms with Crippen LogP contribution in [0.15, 0.2) is 42.5 Å². The largest absolute Gasteiger partial charge is 0.352 e. The Morgan fingerprint density at radius 2 is 1.70 bits per heavy atom. The van der Waals surface area contributed by atoms with Gasteiger partial charge in [-0.25, -0.2) is 0 Å². The van der Waals surface area contributed by atoms with Crippen molar-refractivity contribution >= 4 is 17.5 Å². The lowest BCUT2D eigenvalue weighted by Gasteiger charge is -2.09. The summed E-state index contributed by atoms with van der Waals surface area (Å²) in [5.74, 6) is -0.124. The fourth-order valence-electron chi connectivity index (χ4n) is 2.40. The summed E-state index contributed by atoms with van der Waals surface area (Å²) in [6.07, 6.45) is 0.325. The van der Waals surface area contributed by atoms with Crippen LogP contribution in [0, 0.1) is 13.8 Å². The number of hydrogen-bond acceptors (Lipinski definition) is 2. The number of rotatable bonds is 5. The molecule has 4 heteroatoms. The number of hydrogen-bond donors (Lipinski definition) is 2. The van der Waals surface area contributed by atoms with E-state index in [1.54, 1.807) is 12.1 Å². The molecule has 4 nitrogen and oxygen atoms in total. The SMILES string of the molecule is CC(=O)Nc1ccc(CC(=O)NCc2ccc(C)cc2C)cc1. The Bertz CT molecular complexity index is 706. The summed E-state index contributed by atoms with van der Waals surface area (Å²) >= 11 is 0. The van der Waals surface area contributed by atoms with Crippen molar-refractivity contribution in [1.82, 2.24) is 5.32 Å². The highest BCUT2D eigenvalue weighted by Gasteiger charge is 2.05. The molecule has 0 aliphatic heterocycles. The van der Waals surface area contributed by atoms with Crippen LogP contribution in [-0.4, -0.2) is 11.8 Å². The van der Waals surface area contributed by atoms with Crippen LogP contribution in [0.2, 0.25) is 0 Å². The molecular formula is C19H22N2O2. The lowest BCUT2D eigenvalue weighted by molar-refractivity contribution is -0.120. The summed E-state index contributed by atoms with van der Waals surface area (Å²) in [5, 5.41) is 5.65. The van der Waals surface area contributed by atoms with Crippen LogP contribution in [0.1, 0.15) is 29.2 Å². The predicted molar refractivity (Wildman–Crippen MR) is 92.2 cm³/mol. The Morgan fingerprint density at radius 3 is 2.30 bits per heavy atom. The normalized spacial score (nSPS) is 10.2. The molecule has 0 aromatic heterocycles. The van der Waals surface area contributed by atoms with E-state index in [0.29, 0.717) is 13.0 Å². The summed E-state index contributed by atoms with van der Waals surface area (Å²) in [6.45, 7) is 6.11. The maximum Gasteiger partial charge on any atom is 0.224 e. The Balaban J connectivity index is 1.88. The first-order chi connectivity index (χ1) is 10.9. The van der Waals surface area contributed by atoms with Crippen molar-refractivity contribution in [3.63, 3.8) is 0 Å². The monoisotopic (exact) mass is 310 g/mol. The molecule has 0 aliphatic carbocycles.